The molecule has 1 aromatic heterocycles. The lowest BCUT2D eigenvalue weighted by molar-refractivity contribution is 0.176. The van der Waals surface area contributed by atoms with Crippen molar-refractivity contribution in [2.75, 3.05) is 18.4 Å². The van der Waals surface area contributed by atoms with E-state index >= 15 is 0 Å². The van der Waals surface area contributed by atoms with Crippen LogP contribution in [-0.2, 0) is 19.6 Å². The number of carbonyl (C=O) groups is 1. The van der Waals surface area contributed by atoms with E-state index in [2.05, 4.69) is 20.9 Å². The Hall–Kier alpha value is -4.34. The monoisotopic (exact) mass is 630 g/mol. The van der Waals surface area contributed by atoms with Gasteiger partial charge in [0.25, 0.3) is 0 Å². The lowest BCUT2D eigenvalue weighted by Crippen LogP contribution is -2.28. The van der Waals surface area contributed by atoms with Crippen molar-refractivity contribution in [1.82, 2.24) is 15.6 Å². The fourth-order valence-corrected chi connectivity index (χ4v) is 5.36. The van der Waals surface area contributed by atoms with Crippen LogP contribution in [0.1, 0.15) is 28.4 Å². The van der Waals surface area contributed by atoms with Crippen LogP contribution in [-0.4, -0.2) is 29.2 Å². The van der Waals surface area contributed by atoms with E-state index in [1.807, 2.05) is 60.7 Å². The average Bonchev–Trinajstić information content (AvgIpc) is 3.02. The molecule has 8 nitrogen and oxygen atoms in total. The Morgan fingerprint density at radius 2 is 1.64 bits per heavy atom. The van der Waals surface area contributed by atoms with E-state index in [1.165, 1.54) is 6.07 Å². The molecule has 0 saturated heterocycles. The first-order valence-electron chi connectivity index (χ1n) is 14.2. The minimum atomic E-state index is -0.810. The Balaban J connectivity index is 1.14. The van der Waals surface area contributed by atoms with Crippen molar-refractivity contribution in [2.45, 2.75) is 25.7 Å². The van der Waals surface area contributed by atoms with Gasteiger partial charge in [-0.1, -0.05) is 77.8 Å². The minimum absolute atomic E-state index is 0.199. The second kappa shape index (κ2) is 14.9. The number of hydrogen-bond acceptors (Lipinski definition) is 5. The molecule has 5 aromatic rings. The Bertz CT molecular complexity index is 1780. The predicted molar refractivity (Wildman–Crippen MR) is 176 cm³/mol. The van der Waals surface area contributed by atoms with Crippen LogP contribution >= 0.6 is 23.2 Å². The molecule has 44 heavy (non-hydrogen) atoms. The fourth-order valence-electron chi connectivity index (χ4n) is 4.83. The molecule has 0 saturated carbocycles. The summed E-state index contributed by atoms with van der Waals surface area (Å²) in [5.41, 5.74) is 4.32. The summed E-state index contributed by atoms with van der Waals surface area (Å²) >= 11 is 12.4. The van der Waals surface area contributed by atoms with E-state index in [-0.39, 0.29) is 18.1 Å². The Labute approximate surface area is 265 Å². The van der Waals surface area contributed by atoms with E-state index < -0.39 is 6.10 Å². The maximum Gasteiger partial charge on any atom is 0.319 e. The number of aliphatic hydroxyl groups is 1. The van der Waals surface area contributed by atoms with Crippen LogP contribution in [0.5, 0.6) is 5.75 Å². The minimum Gasteiger partial charge on any atom is -0.487 e. The van der Waals surface area contributed by atoms with Crippen LogP contribution in [0.15, 0.2) is 102 Å². The van der Waals surface area contributed by atoms with Crippen LogP contribution in [0, 0.1) is 0 Å². The van der Waals surface area contributed by atoms with Crippen molar-refractivity contribution in [2.24, 2.45) is 0 Å². The molecule has 0 bridgehead atoms. The van der Waals surface area contributed by atoms with Crippen molar-refractivity contribution >= 4 is 45.8 Å². The highest BCUT2D eigenvalue weighted by Crippen LogP contribution is 2.30. The van der Waals surface area contributed by atoms with Crippen molar-refractivity contribution < 1.29 is 14.6 Å². The summed E-state index contributed by atoms with van der Waals surface area (Å²) < 4.78 is 6.01. The summed E-state index contributed by atoms with van der Waals surface area (Å²) in [6, 6.07) is 28.9. The lowest BCUT2D eigenvalue weighted by atomic mass is 10.0. The van der Waals surface area contributed by atoms with Gasteiger partial charge in [-0.2, -0.15) is 0 Å². The highest BCUT2D eigenvalue weighted by Gasteiger charge is 2.15. The first kappa shape index (κ1) is 31.1. The summed E-state index contributed by atoms with van der Waals surface area (Å²) in [5.74, 6) is 0.542. The number of fused-ring (bicyclic) bond motifs is 1. The normalized spacial score (nSPS) is 11.7. The predicted octanol–water partition coefficient (Wildman–Crippen LogP) is 6.60. The molecule has 0 spiro atoms. The number of anilines is 1. The summed E-state index contributed by atoms with van der Waals surface area (Å²) in [4.78, 5) is 27.4. The molecule has 10 heteroatoms. The van der Waals surface area contributed by atoms with Gasteiger partial charge >= 0.3 is 6.03 Å². The Morgan fingerprint density at radius 3 is 2.43 bits per heavy atom. The third-order valence-corrected chi connectivity index (χ3v) is 7.80. The number of pyridine rings is 1. The van der Waals surface area contributed by atoms with Crippen molar-refractivity contribution in [3.8, 4) is 5.75 Å². The number of urea groups is 1. The first-order chi connectivity index (χ1) is 21.4. The molecule has 0 radical (unpaired) electrons. The van der Waals surface area contributed by atoms with Crippen LogP contribution < -0.4 is 26.2 Å². The molecule has 2 amide bonds. The van der Waals surface area contributed by atoms with Gasteiger partial charge in [-0.15, -0.1) is 0 Å². The SMILES string of the molecule is O=C(NCc1c(Cl)cccc1Cl)Nc1cccc(CCNCC(O)c2ccc(OCc3ccccc3)c3[nH]c(=O)ccc23)c1. The number of rotatable bonds is 12. The summed E-state index contributed by atoms with van der Waals surface area (Å²) in [7, 11) is 0. The van der Waals surface area contributed by atoms with Gasteiger partial charge in [-0.05, 0) is 66.1 Å². The fraction of sp³-hybridized carbons (Fsp3) is 0.176. The number of H-pyrrole nitrogens is 1. The molecule has 4 aromatic carbocycles. The number of aliphatic hydroxyl groups excluding tert-OH is 1. The molecule has 1 atom stereocenters. The highest BCUT2D eigenvalue weighted by molar-refractivity contribution is 6.36. The molecule has 0 aliphatic rings. The van der Waals surface area contributed by atoms with Crippen molar-refractivity contribution in [3.63, 3.8) is 0 Å². The highest BCUT2D eigenvalue weighted by atomic mass is 35.5. The van der Waals surface area contributed by atoms with Crippen LogP contribution in [0.3, 0.4) is 0 Å². The van der Waals surface area contributed by atoms with E-state index in [9.17, 15) is 14.7 Å². The van der Waals surface area contributed by atoms with Gasteiger partial charge in [0.1, 0.15) is 12.4 Å². The molecule has 5 rings (SSSR count). The number of nitrogens with one attached hydrogen (secondary N) is 4. The van der Waals surface area contributed by atoms with Gasteiger partial charge in [-0.25, -0.2) is 4.79 Å². The molecule has 1 unspecified atom stereocenters. The quantitative estimate of drug-likeness (QED) is 0.0996. The second-order valence-electron chi connectivity index (χ2n) is 10.2. The van der Waals surface area contributed by atoms with Gasteiger partial charge in [0.05, 0.1) is 11.6 Å². The van der Waals surface area contributed by atoms with Gasteiger partial charge in [-0.3, -0.25) is 4.79 Å². The summed E-state index contributed by atoms with van der Waals surface area (Å²) in [6.07, 6.45) is -0.130. The van der Waals surface area contributed by atoms with E-state index in [1.54, 1.807) is 30.3 Å². The topological polar surface area (TPSA) is 115 Å². The average molecular weight is 632 g/mol. The Morgan fingerprint density at radius 1 is 0.886 bits per heavy atom. The standard InChI is InChI=1S/C34H32Cl2N4O4/c35-28-10-5-11-29(36)27(28)19-38-34(43)39-24-9-4-8-22(18-24)16-17-37-20-30(41)25-12-14-31(33-26(25)13-15-32(42)40-33)44-21-23-6-2-1-3-7-23/h1-15,18,30,37,41H,16-17,19-21H2,(H,40,42)(H2,38,39,43). The van der Waals surface area contributed by atoms with Crippen molar-refractivity contribution in [1.29, 1.82) is 0 Å². The number of aromatic amines is 1. The first-order valence-corrected chi connectivity index (χ1v) is 14.9. The molecule has 1 heterocycles. The lowest BCUT2D eigenvalue weighted by Gasteiger charge is -2.17. The Kier molecular flexibility index (Phi) is 10.5. The van der Waals surface area contributed by atoms with Gasteiger partial charge in [0.15, 0.2) is 0 Å². The van der Waals surface area contributed by atoms with Crippen LogP contribution in [0.2, 0.25) is 10.0 Å². The molecule has 226 valence electrons. The number of ether oxygens (including phenoxy) is 1. The molecular weight excluding hydrogens is 599 g/mol. The third kappa shape index (κ3) is 8.18. The number of carbonyl (C=O) groups excluding carboxylic acids is 1. The molecule has 0 fully saturated rings. The smallest absolute Gasteiger partial charge is 0.319 e. The summed E-state index contributed by atoms with van der Waals surface area (Å²) in [6.45, 7) is 1.47. The largest absolute Gasteiger partial charge is 0.487 e. The molecular formula is C34H32Cl2N4O4. The van der Waals surface area contributed by atoms with Gasteiger partial charge < -0.3 is 30.8 Å². The maximum atomic E-state index is 12.4. The number of amides is 2. The van der Waals surface area contributed by atoms with E-state index in [0.717, 1.165) is 16.5 Å². The van der Waals surface area contributed by atoms with Crippen molar-refractivity contribution in [3.05, 3.63) is 140 Å². The van der Waals surface area contributed by atoms with E-state index in [0.29, 0.717) is 64.2 Å². The zero-order chi connectivity index (χ0) is 30.9. The van der Waals surface area contributed by atoms with Crippen LogP contribution in [0.4, 0.5) is 10.5 Å². The summed E-state index contributed by atoms with van der Waals surface area (Å²) in [5, 5.41) is 21.6. The molecule has 0 aliphatic carbocycles. The number of hydrogen-bond donors (Lipinski definition) is 5. The molecule has 5 N–H and O–H groups in total. The number of benzene rings is 4. The zero-order valence-electron chi connectivity index (χ0n) is 23.8. The third-order valence-electron chi connectivity index (χ3n) is 7.09. The van der Waals surface area contributed by atoms with Crippen LogP contribution in [0.25, 0.3) is 10.9 Å². The second-order valence-corrected chi connectivity index (χ2v) is 11.0. The molecule has 0 aliphatic heterocycles. The number of aromatic nitrogens is 1. The van der Waals surface area contributed by atoms with Gasteiger partial charge in [0.2, 0.25) is 5.56 Å². The number of halogens is 2. The van der Waals surface area contributed by atoms with Gasteiger partial charge in [0, 0.05) is 45.8 Å². The van der Waals surface area contributed by atoms with E-state index in [4.69, 9.17) is 27.9 Å². The maximum absolute atomic E-state index is 12.4. The zero-order valence-corrected chi connectivity index (χ0v) is 25.3.